The Morgan fingerprint density at radius 1 is 1.75 bits per heavy atom. The molecule has 0 unspecified atom stereocenters. The number of rotatable bonds is 3. The molecule has 0 aromatic rings. The Bertz CT molecular complexity index is 93.8. The lowest BCUT2D eigenvalue weighted by Gasteiger charge is -1.99. The van der Waals surface area contributed by atoms with Gasteiger partial charge in [0.1, 0.15) is 0 Å². The van der Waals surface area contributed by atoms with Crippen LogP contribution in [0.4, 0.5) is 0 Å². The minimum absolute atomic E-state index is 0.533. The zero-order valence-corrected chi connectivity index (χ0v) is 5.33. The lowest BCUT2D eigenvalue weighted by atomic mass is 10.1. The van der Waals surface area contributed by atoms with Gasteiger partial charge in [-0.25, -0.2) is 0 Å². The van der Waals surface area contributed by atoms with Crippen molar-refractivity contribution in [3.8, 4) is 0 Å². The maximum Gasteiger partial charge on any atom is 0.0283 e. The lowest BCUT2D eigenvalue weighted by Crippen LogP contribution is -1.94. The molecule has 0 aromatic heterocycles. The van der Waals surface area contributed by atoms with Crippen molar-refractivity contribution in [2.24, 2.45) is 11.0 Å². The van der Waals surface area contributed by atoms with E-state index in [0.717, 1.165) is 6.42 Å². The summed E-state index contributed by atoms with van der Waals surface area (Å²) in [5, 5.41) is 3.42. The highest BCUT2D eigenvalue weighted by atomic mass is 15.1. The average molecular weight is 113 g/mol. The van der Waals surface area contributed by atoms with Gasteiger partial charge in [-0.2, -0.15) is 0 Å². The summed E-state index contributed by atoms with van der Waals surface area (Å²) in [5.74, 6) is 0.533. The van der Waals surface area contributed by atoms with Crippen LogP contribution >= 0.6 is 0 Å². The van der Waals surface area contributed by atoms with E-state index in [9.17, 15) is 0 Å². The number of nitrogens with zero attached hydrogens (tertiary/aromatic N) is 3. The maximum atomic E-state index is 7.87. The van der Waals surface area contributed by atoms with E-state index in [0.29, 0.717) is 12.5 Å². The molecule has 3 nitrogen and oxygen atoms in total. The molecule has 0 rings (SSSR count). The van der Waals surface area contributed by atoms with Crippen molar-refractivity contribution in [3.63, 3.8) is 0 Å². The number of hydrogen-bond donors (Lipinski definition) is 0. The standard InChI is InChI=1S/C5H11N3/c1-3-5(2)4-7-8-6/h5H,3-4H2,1-2H3/t5-/m1/s1. The summed E-state index contributed by atoms with van der Waals surface area (Å²) in [7, 11) is 0. The Morgan fingerprint density at radius 3 is 2.75 bits per heavy atom. The molecule has 0 aromatic carbocycles. The van der Waals surface area contributed by atoms with Gasteiger partial charge in [-0.3, -0.25) is 0 Å². The van der Waals surface area contributed by atoms with Gasteiger partial charge in [0.15, 0.2) is 0 Å². The van der Waals surface area contributed by atoms with Crippen LogP contribution < -0.4 is 0 Å². The molecular formula is C5H11N3. The van der Waals surface area contributed by atoms with Gasteiger partial charge in [0.25, 0.3) is 0 Å². The van der Waals surface area contributed by atoms with Crippen LogP contribution in [0.5, 0.6) is 0 Å². The van der Waals surface area contributed by atoms with Gasteiger partial charge in [-0.15, -0.1) is 0 Å². The van der Waals surface area contributed by atoms with Gasteiger partial charge in [0.2, 0.25) is 0 Å². The van der Waals surface area contributed by atoms with Crippen LogP contribution in [0.15, 0.2) is 5.11 Å². The van der Waals surface area contributed by atoms with E-state index in [1.54, 1.807) is 0 Å². The highest BCUT2D eigenvalue weighted by Crippen LogP contribution is 1.99. The molecule has 0 aliphatic rings. The molecule has 0 fully saturated rings. The fourth-order valence-electron chi connectivity index (χ4n) is 0.305. The van der Waals surface area contributed by atoms with Crippen LogP contribution in [0.25, 0.3) is 10.4 Å². The minimum Gasteiger partial charge on any atom is -0.0937 e. The third-order valence-electron chi connectivity index (χ3n) is 1.15. The first kappa shape index (κ1) is 7.31. The Hall–Kier alpha value is -0.690. The quantitative estimate of drug-likeness (QED) is 0.306. The smallest absolute Gasteiger partial charge is 0.0283 e. The third-order valence-corrected chi connectivity index (χ3v) is 1.15. The molecule has 46 valence electrons. The van der Waals surface area contributed by atoms with Crippen molar-refractivity contribution in [1.82, 2.24) is 0 Å². The zero-order valence-electron chi connectivity index (χ0n) is 5.33. The summed E-state index contributed by atoms with van der Waals surface area (Å²) in [4.78, 5) is 2.65. The van der Waals surface area contributed by atoms with Gasteiger partial charge in [0, 0.05) is 11.5 Å². The van der Waals surface area contributed by atoms with Crippen molar-refractivity contribution in [3.05, 3.63) is 10.4 Å². The molecular weight excluding hydrogens is 102 g/mol. The van der Waals surface area contributed by atoms with Crippen LogP contribution in [0.3, 0.4) is 0 Å². The Labute approximate surface area is 49.3 Å². The first-order chi connectivity index (χ1) is 3.81. The molecule has 0 spiro atoms. The van der Waals surface area contributed by atoms with Gasteiger partial charge < -0.3 is 0 Å². The second-order valence-electron chi connectivity index (χ2n) is 1.93. The zero-order chi connectivity index (χ0) is 6.41. The molecule has 0 bridgehead atoms. The van der Waals surface area contributed by atoms with Gasteiger partial charge in [0.05, 0.1) is 0 Å². The van der Waals surface area contributed by atoms with Crippen molar-refractivity contribution in [2.45, 2.75) is 20.3 Å². The molecule has 0 aliphatic heterocycles. The monoisotopic (exact) mass is 113 g/mol. The van der Waals surface area contributed by atoms with E-state index in [1.165, 1.54) is 0 Å². The summed E-state index contributed by atoms with van der Waals surface area (Å²) in [6, 6.07) is 0. The molecule has 0 radical (unpaired) electrons. The van der Waals surface area contributed by atoms with Crippen molar-refractivity contribution >= 4 is 0 Å². The minimum atomic E-state index is 0.533. The molecule has 3 heteroatoms. The summed E-state index contributed by atoms with van der Waals surface area (Å²) < 4.78 is 0. The van der Waals surface area contributed by atoms with Crippen LogP contribution in [0.2, 0.25) is 0 Å². The second kappa shape index (κ2) is 4.47. The first-order valence-electron chi connectivity index (χ1n) is 2.82. The molecule has 0 heterocycles. The number of hydrogen-bond acceptors (Lipinski definition) is 1. The predicted molar refractivity (Wildman–Crippen MR) is 33.5 cm³/mol. The van der Waals surface area contributed by atoms with E-state index in [-0.39, 0.29) is 0 Å². The topological polar surface area (TPSA) is 48.8 Å². The Balaban J connectivity index is 3.23. The molecule has 0 amide bonds. The highest BCUT2D eigenvalue weighted by molar-refractivity contribution is 4.53. The largest absolute Gasteiger partial charge is 0.0937 e. The molecule has 0 saturated carbocycles. The average Bonchev–Trinajstić information content (AvgIpc) is 1.83. The van der Waals surface area contributed by atoms with Crippen LogP contribution in [0.1, 0.15) is 20.3 Å². The lowest BCUT2D eigenvalue weighted by molar-refractivity contribution is 0.574. The predicted octanol–water partition coefficient (Wildman–Crippen LogP) is 2.34. The first-order valence-corrected chi connectivity index (χ1v) is 2.82. The molecule has 8 heavy (non-hydrogen) atoms. The summed E-state index contributed by atoms with van der Waals surface area (Å²) in [6.07, 6.45) is 1.08. The number of azide groups is 1. The van der Waals surface area contributed by atoms with Crippen LogP contribution in [-0.4, -0.2) is 6.54 Å². The molecule has 0 saturated heterocycles. The normalized spacial score (nSPS) is 12.2. The van der Waals surface area contributed by atoms with E-state index < -0.39 is 0 Å². The van der Waals surface area contributed by atoms with Gasteiger partial charge >= 0.3 is 0 Å². The van der Waals surface area contributed by atoms with Crippen molar-refractivity contribution in [2.75, 3.05) is 6.54 Å². The van der Waals surface area contributed by atoms with Gasteiger partial charge in [-0.1, -0.05) is 25.4 Å². The van der Waals surface area contributed by atoms with Gasteiger partial charge in [-0.05, 0) is 11.4 Å². The Morgan fingerprint density at radius 2 is 2.38 bits per heavy atom. The van der Waals surface area contributed by atoms with Crippen molar-refractivity contribution in [1.29, 1.82) is 0 Å². The van der Waals surface area contributed by atoms with E-state index in [2.05, 4.69) is 23.9 Å². The second-order valence-corrected chi connectivity index (χ2v) is 1.93. The van der Waals surface area contributed by atoms with Crippen LogP contribution in [-0.2, 0) is 0 Å². The summed E-state index contributed by atoms with van der Waals surface area (Å²) >= 11 is 0. The van der Waals surface area contributed by atoms with E-state index >= 15 is 0 Å². The SMILES string of the molecule is CC[C@@H](C)CN=[N+]=[N-]. The van der Waals surface area contributed by atoms with E-state index in [1.807, 2.05) is 0 Å². The fourth-order valence-corrected chi connectivity index (χ4v) is 0.305. The molecule has 0 aliphatic carbocycles. The van der Waals surface area contributed by atoms with E-state index in [4.69, 9.17) is 5.53 Å². The third kappa shape index (κ3) is 3.50. The maximum absolute atomic E-state index is 7.87. The molecule has 1 atom stereocenters. The summed E-state index contributed by atoms with van der Waals surface area (Å²) in [6.45, 7) is 4.78. The molecule has 0 N–H and O–H groups in total. The summed E-state index contributed by atoms with van der Waals surface area (Å²) in [5.41, 5.74) is 7.87. The Kier molecular flexibility index (Phi) is 4.08. The fraction of sp³-hybridized carbons (Fsp3) is 1.00. The van der Waals surface area contributed by atoms with Crippen molar-refractivity contribution < 1.29 is 0 Å². The van der Waals surface area contributed by atoms with Crippen LogP contribution in [0, 0.1) is 5.92 Å². The highest BCUT2D eigenvalue weighted by Gasteiger charge is 1.92.